The summed E-state index contributed by atoms with van der Waals surface area (Å²) in [6.45, 7) is 5.39. The van der Waals surface area contributed by atoms with Crippen LogP contribution in [0.2, 0.25) is 0 Å². The first kappa shape index (κ1) is 26.3. The fourth-order valence-electron chi connectivity index (χ4n) is 6.22. The molecule has 3 aliphatic rings. The first-order valence-corrected chi connectivity index (χ1v) is 14.3. The summed E-state index contributed by atoms with van der Waals surface area (Å²) < 4.78 is -0.786. The number of aliphatic hydroxyl groups is 1. The number of carbonyl (C=O) groups excluding carboxylic acids is 3. The minimum Gasteiger partial charge on any atom is -0.394 e. The first-order chi connectivity index (χ1) is 17.6. The molecule has 0 saturated carbocycles. The normalized spacial score (nSPS) is 31.2. The standard InChI is InChI=1S/C28H32BrN3O4S/c1-27(2,3)31-25(35)23-28-14-18(29)22(37-28)20(24(34)30-17-12-8-5-9-13-17)21(28)26(36)32(23)19(15-33)16-10-6-4-7-11-16/h4-13,18-23,33H,14-15H2,1-3H3,(H,30,34)(H,31,35)/t18?,19-,20+,21+,22+,23?,28?/m1/s1. The molecule has 7 atom stereocenters. The van der Waals surface area contributed by atoms with Crippen LogP contribution in [0, 0.1) is 11.8 Å². The van der Waals surface area contributed by atoms with Gasteiger partial charge in [-0.25, -0.2) is 0 Å². The van der Waals surface area contributed by atoms with Crippen molar-refractivity contribution in [2.75, 3.05) is 11.9 Å². The number of rotatable bonds is 6. The van der Waals surface area contributed by atoms with Crippen LogP contribution in [0.1, 0.15) is 38.8 Å². The molecule has 3 amide bonds. The van der Waals surface area contributed by atoms with E-state index in [1.165, 1.54) is 0 Å². The number of carbonyl (C=O) groups is 3. The van der Waals surface area contributed by atoms with E-state index in [1.807, 2.05) is 81.4 Å². The topological polar surface area (TPSA) is 98.7 Å². The van der Waals surface area contributed by atoms with Crippen molar-refractivity contribution in [3.05, 3.63) is 66.2 Å². The molecule has 7 nitrogen and oxygen atoms in total. The van der Waals surface area contributed by atoms with Gasteiger partial charge >= 0.3 is 0 Å². The molecule has 3 aliphatic heterocycles. The molecule has 3 unspecified atom stereocenters. The van der Waals surface area contributed by atoms with E-state index >= 15 is 0 Å². The molecular weight excluding hydrogens is 554 g/mol. The van der Waals surface area contributed by atoms with Crippen LogP contribution in [-0.2, 0) is 14.4 Å². The first-order valence-electron chi connectivity index (χ1n) is 12.6. The molecule has 0 aliphatic carbocycles. The highest BCUT2D eigenvalue weighted by atomic mass is 79.9. The fourth-order valence-corrected chi connectivity index (χ4v) is 9.82. The highest BCUT2D eigenvalue weighted by Gasteiger charge is 2.76. The van der Waals surface area contributed by atoms with Crippen LogP contribution in [-0.4, -0.2) is 60.7 Å². The van der Waals surface area contributed by atoms with Gasteiger partial charge in [-0.05, 0) is 44.9 Å². The number of para-hydroxylation sites is 1. The second-order valence-corrected chi connectivity index (χ2v) is 13.8. The Balaban J connectivity index is 1.58. The maximum absolute atomic E-state index is 14.3. The summed E-state index contributed by atoms with van der Waals surface area (Å²) in [4.78, 5) is 43.5. The lowest BCUT2D eigenvalue weighted by molar-refractivity contribution is -0.142. The molecule has 9 heteroatoms. The predicted octanol–water partition coefficient (Wildman–Crippen LogP) is 3.74. The van der Waals surface area contributed by atoms with Gasteiger partial charge in [0, 0.05) is 21.3 Å². The predicted molar refractivity (Wildman–Crippen MR) is 148 cm³/mol. The van der Waals surface area contributed by atoms with Crippen molar-refractivity contribution in [3.63, 3.8) is 0 Å². The Kier molecular flexibility index (Phi) is 6.92. The number of nitrogens with zero attached hydrogens (tertiary/aromatic N) is 1. The van der Waals surface area contributed by atoms with E-state index in [0.29, 0.717) is 12.1 Å². The molecule has 0 aromatic heterocycles. The van der Waals surface area contributed by atoms with Crippen LogP contribution < -0.4 is 10.6 Å². The third-order valence-electron chi connectivity index (χ3n) is 7.51. The van der Waals surface area contributed by atoms with Gasteiger partial charge in [0.2, 0.25) is 17.7 Å². The van der Waals surface area contributed by atoms with Gasteiger partial charge in [0.15, 0.2) is 0 Å². The van der Waals surface area contributed by atoms with E-state index in [9.17, 15) is 19.5 Å². The largest absolute Gasteiger partial charge is 0.394 e. The Morgan fingerprint density at radius 3 is 2.32 bits per heavy atom. The van der Waals surface area contributed by atoms with Crippen molar-refractivity contribution in [1.82, 2.24) is 10.2 Å². The van der Waals surface area contributed by atoms with Gasteiger partial charge in [-0.3, -0.25) is 14.4 Å². The van der Waals surface area contributed by atoms with Crippen LogP contribution in [0.4, 0.5) is 5.69 Å². The van der Waals surface area contributed by atoms with Gasteiger partial charge in [-0.15, -0.1) is 11.8 Å². The van der Waals surface area contributed by atoms with E-state index in [0.717, 1.165) is 5.56 Å². The number of hydrogen-bond acceptors (Lipinski definition) is 5. The van der Waals surface area contributed by atoms with Crippen molar-refractivity contribution >= 4 is 51.1 Å². The molecule has 196 valence electrons. The van der Waals surface area contributed by atoms with Crippen LogP contribution in [0.25, 0.3) is 0 Å². The molecule has 3 heterocycles. The van der Waals surface area contributed by atoms with E-state index in [-0.39, 0.29) is 34.4 Å². The zero-order valence-electron chi connectivity index (χ0n) is 21.1. The number of fused-ring (bicyclic) bond motifs is 1. The molecule has 1 spiro atoms. The Bertz CT molecular complexity index is 1190. The number of aliphatic hydroxyl groups excluding tert-OH is 1. The number of alkyl halides is 1. The van der Waals surface area contributed by atoms with Gasteiger partial charge in [0.25, 0.3) is 0 Å². The van der Waals surface area contributed by atoms with Gasteiger partial charge in [0.05, 0.1) is 29.2 Å². The average Bonchev–Trinajstić information content (AvgIpc) is 3.44. The van der Waals surface area contributed by atoms with Crippen LogP contribution in [0.5, 0.6) is 0 Å². The summed E-state index contributed by atoms with van der Waals surface area (Å²) in [6, 6.07) is 17.0. The monoisotopic (exact) mass is 585 g/mol. The Labute approximate surface area is 229 Å². The second-order valence-electron chi connectivity index (χ2n) is 11.1. The number of nitrogens with one attached hydrogen (secondary N) is 2. The lowest BCUT2D eigenvalue weighted by atomic mass is 9.70. The van der Waals surface area contributed by atoms with Gasteiger partial charge < -0.3 is 20.6 Å². The molecule has 3 saturated heterocycles. The molecule has 3 fully saturated rings. The van der Waals surface area contributed by atoms with E-state index in [4.69, 9.17) is 0 Å². The Morgan fingerprint density at radius 1 is 1.11 bits per heavy atom. The zero-order chi connectivity index (χ0) is 26.5. The van der Waals surface area contributed by atoms with Crippen molar-refractivity contribution < 1.29 is 19.5 Å². The maximum Gasteiger partial charge on any atom is 0.244 e. The summed E-state index contributed by atoms with van der Waals surface area (Å²) in [6.07, 6.45) is 0.583. The Hall–Kier alpha value is -2.36. The SMILES string of the molecule is CC(C)(C)NC(=O)C1N([C@H](CO)c2ccccc2)C(=O)[C@@H]2[C@H](C(=O)Nc3ccccc3)[C@H]3SC12CC3Br. The van der Waals surface area contributed by atoms with E-state index in [2.05, 4.69) is 26.6 Å². The summed E-state index contributed by atoms with van der Waals surface area (Å²) >= 11 is 5.37. The molecule has 0 radical (unpaired) electrons. The van der Waals surface area contributed by atoms with E-state index < -0.39 is 34.2 Å². The van der Waals surface area contributed by atoms with Crippen molar-refractivity contribution in [2.45, 2.75) is 59.6 Å². The maximum atomic E-state index is 14.3. The molecule has 5 rings (SSSR count). The van der Waals surface area contributed by atoms with Gasteiger partial charge in [-0.2, -0.15) is 0 Å². The molecule has 37 heavy (non-hydrogen) atoms. The molecular formula is C28H32BrN3O4S. The molecule has 2 bridgehead atoms. The summed E-state index contributed by atoms with van der Waals surface area (Å²) in [7, 11) is 0. The lowest BCUT2D eigenvalue weighted by Crippen LogP contribution is -2.58. The fraction of sp³-hybridized carbons (Fsp3) is 0.464. The van der Waals surface area contributed by atoms with Crippen molar-refractivity contribution in [1.29, 1.82) is 0 Å². The highest BCUT2D eigenvalue weighted by Crippen LogP contribution is 2.68. The minimum atomic E-state index is -0.828. The summed E-state index contributed by atoms with van der Waals surface area (Å²) in [5, 5.41) is 16.5. The zero-order valence-corrected chi connectivity index (χ0v) is 23.5. The quantitative estimate of drug-likeness (QED) is 0.449. The van der Waals surface area contributed by atoms with Crippen molar-refractivity contribution in [2.24, 2.45) is 11.8 Å². The lowest BCUT2D eigenvalue weighted by Gasteiger charge is -2.39. The van der Waals surface area contributed by atoms with Crippen molar-refractivity contribution in [3.8, 4) is 0 Å². The molecule has 2 aromatic rings. The molecule has 2 aromatic carbocycles. The minimum absolute atomic E-state index is 0.0257. The summed E-state index contributed by atoms with van der Waals surface area (Å²) in [5.41, 5.74) is 0.909. The molecule has 3 N–H and O–H groups in total. The number of hydrogen-bond donors (Lipinski definition) is 3. The smallest absolute Gasteiger partial charge is 0.244 e. The third-order valence-corrected chi connectivity index (χ3v) is 10.7. The third kappa shape index (κ3) is 4.49. The number of thioether (sulfide) groups is 1. The van der Waals surface area contributed by atoms with Gasteiger partial charge in [-0.1, -0.05) is 64.5 Å². The number of amides is 3. The average molecular weight is 587 g/mol. The number of anilines is 1. The Morgan fingerprint density at radius 2 is 1.73 bits per heavy atom. The van der Waals surface area contributed by atoms with Crippen LogP contribution >= 0.6 is 27.7 Å². The summed E-state index contributed by atoms with van der Waals surface area (Å²) in [5.74, 6) is -2.01. The van der Waals surface area contributed by atoms with Crippen LogP contribution in [0.15, 0.2) is 60.7 Å². The van der Waals surface area contributed by atoms with Gasteiger partial charge in [0.1, 0.15) is 6.04 Å². The van der Waals surface area contributed by atoms with E-state index in [1.54, 1.807) is 16.7 Å². The second kappa shape index (κ2) is 9.75. The highest BCUT2D eigenvalue weighted by molar-refractivity contribution is 9.09. The van der Waals surface area contributed by atoms with Crippen LogP contribution in [0.3, 0.4) is 0 Å². The number of likely N-dealkylation sites (tertiary alicyclic amines) is 1. The number of halogens is 1. The number of benzene rings is 2.